The van der Waals surface area contributed by atoms with Crippen molar-refractivity contribution in [3.05, 3.63) is 30.1 Å². The predicted octanol–water partition coefficient (Wildman–Crippen LogP) is 0.925. The highest BCUT2D eigenvalue weighted by Gasteiger charge is 2.27. The Morgan fingerprint density at radius 2 is 2.24 bits per heavy atom. The number of likely N-dealkylation sites (tertiary alicyclic amines) is 1. The summed E-state index contributed by atoms with van der Waals surface area (Å²) in [6.07, 6.45) is 5.50. The number of nitrogens with one attached hydrogen (secondary N) is 1. The lowest BCUT2D eigenvalue weighted by atomic mass is 10.0. The Labute approximate surface area is 150 Å². The maximum atomic E-state index is 12.5. The first-order chi connectivity index (χ1) is 12.2. The van der Waals surface area contributed by atoms with Gasteiger partial charge in [-0.15, -0.1) is 0 Å². The molecule has 0 saturated carbocycles. The summed E-state index contributed by atoms with van der Waals surface area (Å²) in [4.78, 5) is 21.4. The fourth-order valence-corrected chi connectivity index (χ4v) is 3.66. The van der Waals surface area contributed by atoms with Crippen LogP contribution in [0.1, 0.15) is 25.0 Å². The minimum atomic E-state index is 0.169. The Morgan fingerprint density at radius 3 is 2.92 bits per heavy atom. The number of ether oxygens (including phenoxy) is 1. The average Bonchev–Trinajstić information content (AvgIpc) is 2.68. The van der Waals surface area contributed by atoms with Crippen molar-refractivity contribution in [2.45, 2.75) is 37.8 Å². The molecule has 1 unspecified atom stereocenters. The van der Waals surface area contributed by atoms with Crippen molar-refractivity contribution in [1.82, 2.24) is 20.1 Å². The molecule has 2 fully saturated rings. The molecule has 1 atom stereocenters. The highest BCUT2D eigenvalue weighted by atomic mass is 16.5. The summed E-state index contributed by atoms with van der Waals surface area (Å²) in [6, 6.07) is 6.62. The molecule has 3 rings (SSSR count). The zero-order chi connectivity index (χ0) is 17.5. The van der Waals surface area contributed by atoms with Gasteiger partial charge in [-0.2, -0.15) is 0 Å². The quantitative estimate of drug-likeness (QED) is 0.830. The number of piperidine rings is 1. The van der Waals surface area contributed by atoms with Gasteiger partial charge in [0.25, 0.3) is 0 Å². The number of aromatic nitrogens is 1. The Bertz CT molecular complexity index is 525. The van der Waals surface area contributed by atoms with E-state index < -0.39 is 0 Å². The van der Waals surface area contributed by atoms with Crippen LogP contribution in [0.5, 0.6) is 0 Å². The first kappa shape index (κ1) is 18.3. The summed E-state index contributed by atoms with van der Waals surface area (Å²) < 4.78 is 5.44. The van der Waals surface area contributed by atoms with Crippen LogP contribution < -0.4 is 5.32 Å². The number of carbonyl (C=O) groups excluding carboxylic acids is 1. The van der Waals surface area contributed by atoms with Crippen molar-refractivity contribution < 1.29 is 9.53 Å². The van der Waals surface area contributed by atoms with E-state index in [0.29, 0.717) is 19.1 Å². The molecule has 3 heterocycles. The van der Waals surface area contributed by atoms with E-state index in [1.807, 2.05) is 30.3 Å². The molecule has 2 saturated heterocycles. The predicted molar refractivity (Wildman–Crippen MR) is 97.4 cm³/mol. The van der Waals surface area contributed by atoms with Gasteiger partial charge in [-0.25, -0.2) is 0 Å². The van der Waals surface area contributed by atoms with Crippen molar-refractivity contribution in [1.29, 1.82) is 0 Å². The molecular weight excluding hydrogens is 316 g/mol. The van der Waals surface area contributed by atoms with Gasteiger partial charge in [0, 0.05) is 70.0 Å². The average molecular weight is 346 g/mol. The molecule has 0 bridgehead atoms. The SMILES string of the molecule is CN(C(=O)CC1COCCN1)C1CCN(CCc2ccccn2)CC1. The number of pyridine rings is 1. The number of hydrogen-bond acceptors (Lipinski definition) is 5. The lowest BCUT2D eigenvalue weighted by Crippen LogP contribution is -2.49. The van der Waals surface area contributed by atoms with Crippen molar-refractivity contribution in [2.75, 3.05) is 46.4 Å². The smallest absolute Gasteiger partial charge is 0.224 e. The number of morpholine rings is 1. The molecule has 25 heavy (non-hydrogen) atoms. The molecule has 6 nitrogen and oxygen atoms in total. The number of rotatable bonds is 6. The minimum absolute atomic E-state index is 0.169. The van der Waals surface area contributed by atoms with E-state index in [2.05, 4.69) is 21.3 Å². The van der Waals surface area contributed by atoms with Crippen LogP contribution in [-0.4, -0.2) is 79.2 Å². The van der Waals surface area contributed by atoms with Gasteiger partial charge in [-0.1, -0.05) is 6.07 Å². The van der Waals surface area contributed by atoms with Crippen LogP contribution in [0.15, 0.2) is 24.4 Å². The van der Waals surface area contributed by atoms with Gasteiger partial charge in [0.05, 0.1) is 13.2 Å². The van der Waals surface area contributed by atoms with Gasteiger partial charge < -0.3 is 19.9 Å². The molecule has 0 radical (unpaired) electrons. The van der Waals surface area contributed by atoms with Crippen LogP contribution in [0.25, 0.3) is 0 Å². The second-order valence-electron chi connectivity index (χ2n) is 7.08. The van der Waals surface area contributed by atoms with Gasteiger partial charge in [-0.05, 0) is 25.0 Å². The van der Waals surface area contributed by atoms with Crippen LogP contribution in [0.3, 0.4) is 0 Å². The van der Waals surface area contributed by atoms with E-state index in [9.17, 15) is 4.79 Å². The molecule has 0 spiro atoms. The molecule has 0 aliphatic carbocycles. The molecule has 1 aromatic heterocycles. The molecule has 1 N–H and O–H groups in total. The molecule has 1 amide bonds. The summed E-state index contributed by atoms with van der Waals surface area (Å²) in [7, 11) is 1.96. The van der Waals surface area contributed by atoms with E-state index >= 15 is 0 Å². The van der Waals surface area contributed by atoms with Gasteiger partial charge in [0.1, 0.15) is 0 Å². The number of carbonyl (C=O) groups is 1. The maximum Gasteiger partial charge on any atom is 0.224 e. The van der Waals surface area contributed by atoms with E-state index in [0.717, 1.165) is 57.7 Å². The maximum absolute atomic E-state index is 12.5. The van der Waals surface area contributed by atoms with E-state index in [1.165, 1.54) is 0 Å². The fraction of sp³-hybridized carbons (Fsp3) is 0.684. The fourth-order valence-electron chi connectivity index (χ4n) is 3.66. The topological polar surface area (TPSA) is 57.7 Å². The highest BCUT2D eigenvalue weighted by molar-refractivity contribution is 5.77. The minimum Gasteiger partial charge on any atom is -0.378 e. The molecule has 6 heteroatoms. The zero-order valence-corrected chi connectivity index (χ0v) is 15.2. The summed E-state index contributed by atoms with van der Waals surface area (Å²) in [6.45, 7) is 5.39. The van der Waals surface area contributed by atoms with Gasteiger partial charge in [-0.3, -0.25) is 9.78 Å². The lowest BCUT2D eigenvalue weighted by Gasteiger charge is -2.37. The van der Waals surface area contributed by atoms with Crippen LogP contribution >= 0.6 is 0 Å². The molecule has 138 valence electrons. The zero-order valence-electron chi connectivity index (χ0n) is 15.2. The third-order valence-electron chi connectivity index (χ3n) is 5.33. The van der Waals surface area contributed by atoms with Crippen LogP contribution in [0.2, 0.25) is 0 Å². The summed E-state index contributed by atoms with van der Waals surface area (Å²) in [5, 5.41) is 3.36. The second kappa shape index (κ2) is 9.27. The van der Waals surface area contributed by atoms with E-state index in [1.54, 1.807) is 0 Å². The lowest BCUT2D eigenvalue weighted by molar-refractivity contribution is -0.134. The normalized spacial score (nSPS) is 22.7. The van der Waals surface area contributed by atoms with E-state index in [-0.39, 0.29) is 11.9 Å². The Hall–Kier alpha value is -1.50. The van der Waals surface area contributed by atoms with Crippen molar-refractivity contribution in [3.63, 3.8) is 0 Å². The monoisotopic (exact) mass is 346 g/mol. The van der Waals surface area contributed by atoms with Crippen molar-refractivity contribution in [3.8, 4) is 0 Å². The van der Waals surface area contributed by atoms with E-state index in [4.69, 9.17) is 4.74 Å². The van der Waals surface area contributed by atoms with Crippen molar-refractivity contribution >= 4 is 5.91 Å². The Kier molecular flexibility index (Phi) is 6.78. The van der Waals surface area contributed by atoms with Crippen LogP contribution in [-0.2, 0) is 16.0 Å². The van der Waals surface area contributed by atoms with Crippen molar-refractivity contribution in [2.24, 2.45) is 0 Å². The number of amides is 1. The standard InChI is InChI=1S/C19H30N4O2/c1-22(19(24)14-17-15-25-13-9-21-17)18-6-11-23(12-7-18)10-5-16-4-2-3-8-20-16/h2-4,8,17-18,21H,5-7,9-15H2,1H3. The number of hydrogen-bond donors (Lipinski definition) is 1. The summed E-state index contributed by atoms with van der Waals surface area (Å²) in [5.74, 6) is 0.231. The molecule has 1 aromatic rings. The van der Waals surface area contributed by atoms with Crippen LogP contribution in [0, 0.1) is 0 Å². The molecule has 2 aliphatic rings. The number of nitrogens with zero attached hydrogens (tertiary/aromatic N) is 3. The van der Waals surface area contributed by atoms with Gasteiger partial charge >= 0.3 is 0 Å². The third-order valence-corrected chi connectivity index (χ3v) is 5.33. The summed E-state index contributed by atoms with van der Waals surface area (Å²) >= 11 is 0. The first-order valence-corrected chi connectivity index (χ1v) is 9.41. The summed E-state index contributed by atoms with van der Waals surface area (Å²) in [5.41, 5.74) is 1.15. The molecular formula is C19H30N4O2. The van der Waals surface area contributed by atoms with Gasteiger partial charge in [0.2, 0.25) is 5.91 Å². The second-order valence-corrected chi connectivity index (χ2v) is 7.08. The first-order valence-electron chi connectivity index (χ1n) is 9.41. The van der Waals surface area contributed by atoms with Gasteiger partial charge in [0.15, 0.2) is 0 Å². The van der Waals surface area contributed by atoms with Crippen LogP contribution in [0.4, 0.5) is 0 Å². The third kappa shape index (κ3) is 5.49. The highest BCUT2D eigenvalue weighted by Crippen LogP contribution is 2.17. The Morgan fingerprint density at radius 1 is 1.40 bits per heavy atom. The Balaban J connectivity index is 1.38. The molecule has 2 aliphatic heterocycles. The largest absolute Gasteiger partial charge is 0.378 e. The molecule has 0 aromatic carbocycles.